The smallest absolute Gasteiger partial charge is 0.000471 e. The molecule has 0 aromatic heterocycles. The first-order valence-electron chi connectivity index (χ1n) is 6.73. The van der Waals surface area contributed by atoms with Crippen molar-refractivity contribution in [1.82, 2.24) is 5.32 Å². The zero-order chi connectivity index (χ0) is 11.3. The Labute approximate surface area is 96.0 Å². The molecule has 1 N–H and O–H groups in total. The minimum Gasteiger partial charge on any atom is -0.319 e. The van der Waals surface area contributed by atoms with E-state index in [1.54, 1.807) is 0 Å². The van der Waals surface area contributed by atoms with E-state index < -0.39 is 0 Å². The lowest BCUT2D eigenvalue weighted by molar-refractivity contribution is 0.141. The predicted molar refractivity (Wildman–Crippen MR) is 68.1 cm³/mol. The van der Waals surface area contributed by atoms with Crippen molar-refractivity contribution < 1.29 is 0 Å². The Morgan fingerprint density at radius 2 is 1.80 bits per heavy atom. The van der Waals surface area contributed by atoms with Gasteiger partial charge in [0.2, 0.25) is 0 Å². The van der Waals surface area contributed by atoms with E-state index in [0.717, 1.165) is 11.8 Å². The first-order chi connectivity index (χ1) is 7.08. The van der Waals surface area contributed by atoms with Gasteiger partial charge in [-0.05, 0) is 30.7 Å². The Morgan fingerprint density at radius 3 is 2.27 bits per heavy atom. The van der Waals surface area contributed by atoms with E-state index in [4.69, 9.17) is 0 Å². The second-order valence-electron chi connectivity index (χ2n) is 6.05. The monoisotopic (exact) mass is 211 g/mol. The van der Waals surface area contributed by atoms with Crippen molar-refractivity contribution in [3.05, 3.63) is 0 Å². The standard InChI is InChI=1S/C14H29N/c1-12(2)14(3,11-15-4)10-13-8-6-5-7-9-13/h12-13,15H,5-11H2,1-4H3. The number of hydrogen-bond donors (Lipinski definition) is 1. The van der Waals surface area contributed by atoms with E-state index in [2.05, 4.69) is 33.1 Å². The van der Waals surface area contributed by atoms with Crippen molar-refractivity contribution >= 4 is 0 Å². The molecular weight excluding hydrogens is 182 g/mol. The predicted octanol–water partition coefficient (Wildman–Crippen LogP) is 3.84. The second kappa shape index (κ2) is 5.89. The van der Waals surface area contributed by atoms with Gasteiger partial charge in [0.1, 0.15) is 0 Å². The quantitative estimate of drug-likeness (QED) is 0.728. The van der Waals surface area contributed by atoms with E-state index in [9.17, 15) is 0 Å². The van der Waals surface area contributed by atoms with Gasteiger partial charge in [-0.3, -0.25) is 0 Å². The molecule has 0 bridgehead atoms. The minimum atomic E-state index is 0.497. The molecule has 1 aliphatic rings. The van der Waals surface area contributed by atoms with Crippen LogP contribution in [0.2, 0.25) is 0 Å². The van der Waals surface area contributed by atoms with Gasteiger partial charge in [0.25, 0.3) is 0 Å². The normalized spacial score (nSPS) is 23.0. The van der Waals surface area contributed by atoms with Crippen LogP contribution in [0.15, 0.2) is 0 Å². The molecule has 1 heteroatoms. The van der Waals surface area contributed by atoms with Gasteiger partial charge in [-0.25, -0.2) is 0 Å². The summed E-state index contributed by atoms with van der Waals surface area (Å²) in [6.07, 6.45) is 8.79. The fourth-order valence-corrected chi connectivity index (χ4v) is 2.97. The van der Waals surface area contributed by atoms with Gasteiger partial charge in [0.05, 0.1) is 0 Å². The fraction of sp³-hybridized carbons (Fsp3) is 1.00. The van der Waals surface area contributed by atoms with Crippen LogP contribution in [-0.2, 0) is 0 Å². The largest absolute Gasteiger partial charge is 0.319 e. The number of hydrogen-bond acceptors (Lipinski definition) is 1. The van der Waals surface area contributed by atoms with Gasteiger partial charge in [-0.1, -0.05) is 52.9 Å². The average molecular weight is 211 g/mol. The Kier molecular flexibility index (Phi) is 5.11. The average Bonchev–Trinajstić information content (AvgIpc) is 2.19. The lowest BCUT2D eigenvalue weighted by Crippen LogP contribution is -2.36. The van der Waals surface area contributed by atoms with Gasteiger partial charge in [-0.15, -0.1) is 0 Å². The van der Waals surface area contributed by atoms with Crippen molar-refractivity contribution in [1.29, 1.82) is 0 Å². The van der Waals surface area contributed by atoms with E-state index in [-0.39, 0.29) is 0 Å². The van der Waals surface area contributed by atoms with Crippen LogP contribution in [0, 0.1) is 17.3 Å². The molecule has 1 rings (SSSR count). The topological polar surface area (TPSA) is 12.0 Å². The summed E-state index contributed by atoms with van der Waals surface area (Å²) in [5.74, 6) is 1.78. The summed E-state index contributed by atoms with van der Waals surface area (Å²) in [5.41, 5.74) is 0.497. The lowest BCUT2D eigenvalue weighted by Gasteiger charge is -2.38. The highest BCUT2D eigenvalue weighted by Gasteiger charge is 2.31. The Hall–Kier alpha value is -0.0400. The summed E-state index contributed by atoms with van der Waals surface area (Å²) < 4.78 is 0. The second-order valence-corrected chi connectivity index (χ2v) is 6.05. The summed E-state index contributed by atoms with van der Waals surface area (Å²) in [6.45, 7) is 8.38. The Morgan fingerprint density at radius 1 is 1.20 bits per heavy atom. The van der Waals surface area contributed by atoms with Crippen LogP contribution in [0.25, 0.3) is 0 Å². The van der Waals surface area contributed by atoms with Gasteiger partial charge >= 0.3 is 0 Å². The Balaban J connectivity index is 2.48. The minimum absolute atomic E-state index is 0.497. The number of rotatable bonds is 5. The first-order valence-corrected chi connectivity index (χ1v) is 6.73. The molecule has 1 atom stereocenters. The fourth-order valence-electron chi connectivity index (χ4n) is 2.97. The molecule has 0 radical (unpaired) electrons. The van der Waals surface area contributed by atoms with Crippen molar-refractivity contribution in [2.45, 2.75) is 59.3 Å². The number of nitrogens with one attached hydrogen (secondary N) is 1. The van der Waals surface area contributed by atoms with Crippen LogP contribution in [0.1, 0.15) is 59.3 Å². The molecule has 1 aliphatic carbocycles. The molecule has 0 aromatic carbocycles. The van der Waals surface area contributed by atoms with Crippen LogP contribution >= 0.6 is 0 Å². The molecular formula is C14H29N. The summed E-state index contributed by atoms with van der Waals surface area (Å²) in [7, 11) is 2.08. The lowest BCUT2D eigenvalue weighted by atomic mass is 9.69. The molecule has 0 aliphatic heterocycles. The molecule has 0 aromatic rings. The third-order valence-corrected chi connectivity index (χ3v) is 4.45. The summed E-state index contributed by atoms with van der Waals surface area (Å²) in [4.78, 5) is 0. The molecule has 0 saturated heterocycles. The van der Waals surface area contributed by atoms with Crippen LogP contribution < -0.4 is 5.32 Å². The summed E-state index contributed by atoms with van der Waals surface area (Å²) >= 11 is 0. The molecule has 15 heavy (non-hydrogen) atoms. The highest BCUT2D eigenvalue weighted by atomic mass is 14.8. The van der Waals surface area contributed by atoms with E-state index in [1.807, 2.05) is 0 Å². The third-order valence-electron chi connectivity index (χ3n) is 4.45. The molecule has 0 spiro atoms. The Bertz CT molecular complexity index is 170. The first kappa shape index (κ1) is 13.0. The van der Waals surface area contributed by atoms with Crippen LogP contribution in [0.4, 0.5) is 0 Å². The molecule has 1 fully saturated rings. The SMILES string of the molecule is CNCC(C)(CC1CCCCC1)C(C)C. The zero-order valence-corrected chi connectivity index (χ0v) is 11.1. The van der Waals surface area contributed by atoms with E-state index in [0.29, 0.717) is 5.41 Å². The van der Waals surface area contributed by atoms with Gasteiger partial charge < -0.3 is 5.32 Å². The maximum absolute atomic E-state index is 3.38. The summed E-state index contributed by atoms with van der Waals surface area (Å²) in [6, 6.07) is 0. The van der Waals surface area contributed by atoms with Crippen molar-refractivity contribution in [3.63, 3.8) is 0 Å². The maximum Gasteiger partial charge on any atom is 0.000471 e. The zero-order valence-electron chi connectivity index (χ0n) is 11.1. The van der Waals surface area contributed by atoms with Gasteiger partial charge in [0.15, 0.2) is 0 Å². The molecule has 1 saturated carbocycles. The molecule has 90 valence electrons. The summed E-state index contributed by atoms with van der Waals surface area (Å²) in [5, 5.41) is 3.38. The van der Waals surface area contributed by atoms with Crippen molar-refractivity contribution in [3.8, 4) is 0 Å². The van der Waals surface area contributed by atoms with Gasteiger partial charge in [0, 0.05) is 6.54 Å². The van der Waals surface area contributed by atoms with Crippen LogP contribution in [0.3, 0.4) is 0 Å². The van der Waals surface area contributed by atoms with Crippen LogP contribution in [-0.4, -0.2) is 13.6 Å². The maximum atomic E-state index is 3.38. The molecule has 0 amide bonds. The van der Waals surface area contributed by atoms with E-state index in [1.165, 1.54) is 45.1 Å². The van der Waals surface area contributed by atoms with Crippen LogP contribution in [0.5, 0.6) is 0 Å². The third kappa shape index (κ3) is 3.79. The molecule has 0 heterocycles. The van der Waals surface area contributed by atoms with Crippen molar-refractivity contribution in [2.75, 3.05) is 13.6 Å². The highest BCUT2D eigenvalue weighted by molar-refractivity contribution is 4.83. The van der Waals surface area contributed by atoms with Crippen molar-refractivity contribution in [2.24, 2.45) is 17.3 Å². The molecule has 1 nitrogen and oxygen atoms in total. The molecule has 1 unspecified atom stereocenters. The van der Waals surface area contributed by atoms with E-state index >= 15 is 0 Å². The van der Waals surface area contributed by atoms with Gasteiger partial charge in [-0.2, -0.15) is 0 Å². The highest BCUT2D eigenvalue weighted by Crippen LogP contribution is 2.38.